The zero-order valence-corrected chi connectivity index (χ0v) is 13.5. The molecule has 2 heterocycles. The number of nitrogens with zero attached hydrogens (tertiary/aromatic N) is 2. The third-order valence-corrected chi connectivity index (χ3v) is 6.54. The molecule has 2 aliphatic rings. The van der Waals surface area contributed by atoms with Crippen molar-refractivity contribution in [2.45, 2.75) is 50.5 Å². The van der Waals surface area contributed by atoms with E-state index in [1.165, 1.54) is 12.8 Å². The van der Waals surface area contributed by atoms with Crippen molar-refractivity contribution in [3.8, 4) is 0 Å². The highest BCUT2D eigenvalue weighted by Crippen LogP contribution is 2.27. The van der Waals surface area contributed by atoms with Crippen molar-refractivity contribution in [3.05, 3.63) is 11.4 Å². The van der Waals surface area contributed by atoms with Gasteiger partial charge in [0.2, 0.25) is 10.0 Å². The fourth-order valence-corrected chi connectivity index (χ4v) is 4.97. The zero-order chi connectivity index (χ0) is 15.0. The van der Waals surface area contributed by atoms with Gasteiger partial charge in [-0.1, -0.05) is 0 Å². The van der Waals surface area contributed by atoms with Gasteiger partial charge in [0.1, 0.15) is 4.90 Å². The molecule has 1 unspecified atom stereocenters. The topological polar surface area (TPSA) is 78.1 Å². The lowest BCUT2D eigenvalue weighted by Crippen LogP contribution is -2.43. The van der Waals surface area contributed by atoms with Crippen LogP contribution in [0.3, 0.4) is 0 Å². The van der Waals surface area contributed by atoms with E-state index in [2.05, 4.69) is 15.5 Å². The van der Waals surface area contributed by atoms with Crippen molar-refractivity contribution in [1.29, 1.82) is 0 Å². The highest BCUT2D eigenvalue weighted by atomic mass is 32.2. The third-order valence-electron chi connectivity index (χ3n) is 4.41. The van der Waals surface area contributed by atoms with Crippen LogP contribution in [-0.2, 0) is 10.0 Å². The molecule has 1 aromatic rings. The van der Waals surface area contributed by atoms with Crippen LogP contribution in [0.4, 0.5) is 0 Å². The Labute approximate surface area is 126 Å². The van der Waals surface area contributed by atoms with E-state index in [1.54, 1.807) is 18.2 Å². The summed E-state index contributed by atoms with van der Waals surface area (Å²) in [6.07, 6.45) is 4.57. The van der Waals surface area contributed by atoms with Gasteiger partial charge in [0.05, 0.1) is 11.4 Å². The van der Waals surface area contributed by atoms with Gasteiger partial charge in [-0.2, -0.15) is 9.40 Å². The van der Waals surface area contributed by atoms with E-state index in [9.17, 15) is 8.42 Å². The average molecular weight is 312 g/mol. The highest BCUT2D eigenvalue weighted by molar-refractivity contribution is 7.89. The number of hydrogen-bond donors (Lipinski definition) is 2. The molecule has 21 heavy (non-hydrogen) atoms. The molecule has 118 valence electrons. The van der Waals surface area contributed by atoms with Crippen LogP contribution in [0.25, 0.3) is 0 Å². The van der Waals surface area contributed by atoms with Crippen molar-refractivity contribution in [2.24, 2.45) is 5.92 Å². The smallest absolute Gasteiger partial charge is 0.246 e. The largest absolute Gasteiger partial charge is 0.314 e. The predicted molar refractivity (Wildman–Crippen MR) is 80.6 cm³/mol. The lowest BCUT2D eigenvalue weighted by atomic mass is 10.00. The Kier molecular flexibility index (Phi) is 4.07. The van der Waals surface area contributed by atoms with Crippen LogP contribution in [-0.4, -0.2) is 48.6 Å². The number of aromatic amines is 1. The minimum Gasteiger partial charge on any atom is -0.314 e. The summed E-state index contributed by atoms with van der Waals surface area (Å²) in [4.78, 5) is 0.360. The molecule has 1 saturated heterocycles. The number of H-pyrrole nitrogens is 1. The Balaban J connectivity index is 1.72. The van der Waals surface area contributed by atoms with E-state index in [4.69, 9.17) is 0 Å². The second kappa shape index (κ2) is 5.70. The van der Waals surface area contributed by atoms with Gasteiger partial charge in [-0.25, -0.2) is 8.42 Å². The maximum absolute atomic E-state index is 12.8. The standard InChI is InChI=1S/C14H24N4O2S/c1-10-14(11(2)17-16-10)21(19,20)18-7-3-4-12(9-18)8-15-13-5-6-13/h12-13,15H,3-9H2,1-2H3,(H,16,17). The maximum Gasteiger partial charge on any atom is 0.246 e. The van der Waals surface area contributed by atoms with Crippen molar-refractivity contribution >= 4 is 10.0 Å². The molecule has 1 saturated carbocycles. The molecule has 0 radical (unpaired) electrons. The van der Waals surface area contributed by atoms with Crippen LogP contribution >= 0.6 is 0 Å². The average Bonchev–Trinajstić information content (AvgIpc) is 3.22. The fraction of sp³-hybridized carbons (Fsp3) is 0.786. The molecule has 3 rings (SSSR count). The number of rotatable bonds is 5. The number of aromatic nitrogens is 2. The van der Waals surface area contributed by atoms with Crippen LogP contribution in [0.1, 0.15) is 37.1 Å². The Morgan fingerprint density at radius 1 is 1.33 bits per heavy atom. The molecular formula is C14H24N4O2S. The van der Waals surface area contributed by atoms with Gasteiger partial charge in [0, 0.05) is 19.1 Å². The van der Waals surface area contributed by atoms with Crippen molar-refractivity contribution in [2.75, 3.05) is 19.6 Å². The second-order valence-corrected chi connectivity index (χ2v) is 8.19. The first-order chi connectivity index (χ1) is 9.98. The molecule has 0 spiro atoms. The van der Waals surface area contributed by atoms with E-state index < -0.39 is 10.0 Å². The summed E-state index contributed by atoms with van der Waals surface area (Å²) in [5.74, 6) is 0.418. The minimum absolute atomic E-state index is 0.360. The summed E-state index contributed by atoms with van der Waals surface area (Å²) >= 11 is 0. The van der Waals surface area contributed by atoms with E-state index in [0.29, 0.717) is 41.3 Å². The number of sulfonamides is 1. The zero-order valence-electron chi connectivity index (χ0n) is 12.7. The molecule has 1 atom stereocenters. The minimum atomic E-state index is -3.42. The van der Waals surface area contributed by atoms with Gasteiger partial charge in [0.25, 0.3) is 0 Å². The first kappa shape index (κ1) is 15.0. The van der Waals surface area contributed by atoms with Crippen LogP contribution in [0.15, 0.2) is 4.90 Å². The summed E-state index contributed by atoms with van der Waals surface area (Å²) in [6.45, 7) is 5.67. The molecule has 1 aliphatic heterocycles. The van der Waals surface area contributed by atoms with Gasteiger partial charge in [0.15, 0.2) is 0 Å². The molecule has 1 aromatic heterocycles. The van der Waals surface area contributed by atoms with Crippen molar-refractivity contribution in [1.82, 2.24) is 19.8 Å². The molecule has 0 amide bonds. The monoisotopic (exact) mass is 312 g/mol. The second-order valence-electron chi connectivity index (χ2n) is 6.32. The fourth-order valence-electron chi connectivity index (χ4n) is 3.08. The molecule has 2 fully saturated rings. The first-order valence-electron chi connectivity index (χ1n) is 7.73. The Morgan fingerprint density at radius 2 is 2.10 bits per heavy atom. The van der Waals surface area contributed by atoms with Gasteiger partial charge >= 0.3 is 0 Å². The van der Waals surface area contributed by atoms with E-state index in [0.717, 1.165) is 19.4 Å². The van der Waals surface area contributed by atoms with Gasteiger partial charge in [-0.05, 0) is 52.0 Å². The molecular weight excluding hydrogens is 288 g/mol. The summed E-state index contributed by atoms with van der Waals surface area (Å²) in [5.41, 5.74) is 1.19. The normalized spacial score (nSPS) is 24.4. The number of nitrogens with one attached hydrogen (secondary N) is 2. The molecule has 2 N–H and O–H groups in total. The lowest BCUT2D eigenvalue weighted by molar-refractivity contribution is 0.259. The summed E-state index contributed by atoms with van der Waals surface area (Å²) in [5, 5.41) is 10.3. The molecule has 0 aromatic carbocycles. The summed E-state index contributed by atoms with van der Waals surface area (Å²) in [6, 6.07) is 0.676. The first-order valence-corrected chi connectivity index (χ1v) is 9.17. The Hall–Kier alpha value is -0.920. The summed E-state index contributed by atoms with van der Waals surface area (Å²) in [7, 11) is -3.42. The van der Waals surface area contributed by atoms with Gasteiger partial charge in [-0.15, -0.1) is 0 Å². The number of aryl methyl sites for hydroxylation is 2. The molecule has 0 bridgehead atoms. The van der Waals surface area contributed by atoms with Crippen molar-refractivity contribution in [3.63, 3.8) is 0 Å². The van der Waals surface area contributed by atoms with Crippen molar-refractivity contribution < 1.29 is 8.42 Å². The molecule has 6 nitrogen and oxygen atoms in total. The third kappa shape index (κ3) is 3.14. The predicted octanol–water partition coefficient (Wildman–Crippen LogP) is 1.18. The van der Waals surface area contributed by atoms with Gasteiger partial charge in [-0.3, -0.25) is 5.10 Å². The molecule has 1 aliphatic carbocycles. The van der Waals surface area contributed by atoms with Crippen LogP contribution in [0.2, 0.25) is 0 Å². The van der Waals surface area contributed by atoms with Crippen LogP contribution < -0.4 is 5.32 Å². The lowest BCUT2D eigenvalue weighted by Gasteiger charge is -2.32. The van der Waals surface area contributed by atoms with E-state index in [-0.39, 0.29) is 0 Å². The SMILES string of the molecule is Cc1n[nH]c(C)c1S(=O)(=O)N1CCCC(CNC2CC2)C1. The quantitative estimate of drug-likeness (QED) is 0.856. The number of hydrogen-bond acceptors (Lipinski definition) is 4. The van der Waals surface area contributed by atoms with Gasteiger partial charge < -0.3 is 5.32 Å². The summed E-state index contributed by atoms with van der Waals surface area (Å²) < 4.78 is 27.3. The Morgan fingerprint density at radius 3 is 2.71 bits per heavy atom. The Bertz CT molecular complexity index is 587. The number of piperidine rings is 1. The maximum atomic E-state index is 12.8. The molecule has 7 heteroatoms. The van der Waals surface area contributed by atoms with Crippen LogP contribution in [0.5, 0.6) is 0 Å². The highest BCUT2D eigenvalue weighted by Gasteiger charge is 2.34. The van der Waals surface area contributed by atoms with E-state index >= 15 is 0 Å². The van der Waals surface area contributed by atoms with E-state index in [1.807, 2.05) is 0 Å². The van der Waals surface area contributed by atoms with Crippen LogP contribution in [0, 0.1) is 19.8 Å².